The van der Waals surface area contributed by atoms with Crippen molar-refractivity contribution in [3.63, 3.8) is 0 Å². The Labute approximate surface area is 164 Å². The Morgan fingerprint density at radius 2 is 1.86 bits per heavy atom. The van der Waals surface area contributed by atoms with Crippen LogP contribution in [0.4, 0.5) is 0 Å². The van der Waals surface area contributed by atoms with E-state index in [2.05, 4.69) is 70.3 Å². The van der Waals surface area contributed by atoms with Crippen LogP contribution in [0.2, 0.25) is 13.1 Å². The summed E-state index contributed by atoms with van der Waals surface area (Å²) in [7, 11) is -1.77. The summed E-state index contributed by atoms with van der Waals surface area (Å²) in [6, 6.07) is 0. The maximum atomic E-state index is 6.52. The molecule has 22 heavy (non-hydrogen) atoms. The molecule has 2 rings (SSSR count). The summed E-state index contributed by atoms with van der Waals surface area (Å²) >= 11 is 0. The van der Waals surface area contributed by atoms with E-state index in [9.17, 15) is 0 Å². The van der Waals surface area contributed by atoms with Crippen molar-refractivity contribution in [3.8, 4) is 0 Å². The molecule has 0 aliphatic heterocycles. The molecule has 1 atom stereocenters. The summed E-state index contributed by atoms with van der Waals surface area (Å²) in [5, 5.41) is 1.30. The molecule has 0 bridgehead atoms. The molecular weight excluding hydrogens is 367 g/mol. The van der Waals surface area contributed by atoms with Crippen LogP contribution in [0.15, 0.2) is 41.1 Å². The van der Waals surface area contributed by atoms with Gasteiger partial charge >= 0.3 is 21.7 Å². The average molecular weight is 392 g/mol. The second kappa shape index (κ2) is 9.66. The molecule has 0 saturated carbocycles. The van der Waals surface area contributed by atoms with Gasteiger partial charge in [-0.2, -0.15) is 6.08 Å². The van der Waals surface area contributed by atoms with Gasteiger partial charge in [0, 0.05) is 0 Å². The maximum absolute atomic E-state index is 6.52. The first-order valence-electron chi connectivity index (χ1n) is 7.20. The van der Waals surface area contributed by atoms with Crippen molar-refractivity contribution < 1.29 is 51.3 Å². The predicted octanol–water partition coefficient (Wildman–Crippen LogP) is -1.46. The molecule has 0 spiro atoms. The molecule has 5 heteroatoms. The molecule has 0 aromatic rings. The third-order valence-corrected chi connectivity index (χ3v) is 8.76. The average Bonchev–Trinajstić information content (AvgIpc) is 2.85. The van der Waals surface area contributed by atoms with Crippen LogP contribution in [-0.4, -0.2) is 19.4 Å². The van der Waals surface area contributed by atoms with Gasteiger partial charge in [-0.1, -0.05) is 31.3 Å². The minimum atomic E-state index is -1.77. The van der Waals surface area contributed by atoms with Gasteiger partial charge in [-0.25, -0.2) is 11.3 Å². The van der Waals surface area contributed by atoms with Crippen molar-refractivity contribution in [1.29, 1.82) is 0 Å². The summed E-state index contributed by atoms with van der Waals surface area (Å²) < 4.78 is 6.52. The third kappa shape index (κ3) is 4.49. The Morgan fingerprint density at radius 1 is 1.23 bits per heavy atom. The monoisotopic (exact) mass is 391 g/mol. The molecule has 1 nitrogen and oxygen atoms in total. The van der Waals surface area contributed by atoms with Crippen LogP contribution in [0.3, 0.4) is 0 Å². The van der Waals surface area contributed by atoms with Crippen LogP contribution >= 0.6 is 0 Å². The van der Waals surface area contributed by atoms with Crippen LogP contribution in [0, 0.1) is 6.08 Å². The normalized spacial score (nSPS) is 23.2. The standard InChI is InChI=1S/C17H25OSi.2ClH.Ti/c1-14(2)18-17(13-9-8-10-15(17)3)19(4,5)16-11-6-7-12-16;;;/h6,8-11,14H,7,13H2,1-5H3;2*1H;/q-1;;;+3/p-2. The van der Waals surface area contributed by atoms with Gasteiger partial charge in [-0.05, 0) is 32.8 Å². The van der Waals surface area contributed by atoms with Gasteiger partial charge in [0.25, 0.3) is 0 Å². The molecule has 2 aliphatic rings. The quantitative estimate of drug-likeness (QED) is 0.420. The van der Waals surface area contributed by atoms with Crippen LogP contribution in [0.25, 0.3) is 0 Å². The van der Waals surface area contributed by atoms with Crippen LogP contribution in [-0.2, 0) is 26.5 Å². The predicted molar refractivity (Wildman–Crippen MR) is 84.5 cm³/mol. The molecule has 0 saturated heterocycles. The molecule has 0 aromatic heterocycles. The maximum Gasteiger partial charge on any atom is 3.00 e. The first-order chi connectivity index (χ1) is 8.90. The molecular formula is C17H25Cl2OSiTi. The molecule has 1 radical (unpaired) electrons. The molecule has 0 fully saturated rings. The minimum absolute atomic E-state index is 0. The van der Waals surface area contributed by atoms with Crippen molar-refractivity contribution in [2.45, 2.75) is 58.0 Å². The molecule has 0 heterocycles. The van der Waals surface area contributed by atoms with Crippen molar-refractivity contribution >= 4 is 8.07 Å². The molecule has 121 valence electrons. The van der Waals surface area contributed by atoms with E-state index in [1.807, 2.05) is 0 Å². The zero-order chi connectivity index (χ0) is 14.1. The second-order valence-corrected chi connectivity index (χ2v) is 10.9. The zero-order valence-electron chi connectivity index (χ0n) is 14.0. The number of allylic oxidation sites excluding steroid dienone is 6. The van der Waals surface area contributed by atoms with Crippen LogP contribution in [0.5, 0.6) is 0 Å². The molecule has 0 N–H and O–H groups in total. The summed E-state index contributed by atoms with van der Waals surface area (Å²) in [4.78, 5) is 0. The fourth-order valence-corrected chi connectivity index (χ4v) is 6.97. The van der Waals surface area contributed by atoms with Crippen molar-refractivity contribution in [2.24, 2.45) is 0 Å². The van der Waals surface area contributed by atoms with E-state index in [4.69, 9.17) is 4.74 Å². The fourth-order valence-electron chi connectivity index (χ4n) is 3.23. The Balaban J connectivity index is 0. The Hall–Kier alpha value is 0.431. The minimum Gasteiger partial charge on any atom is -1.00 e. The smallest absolute Gasteiger partial charge is 1.00 e. The first-order valence-corrected chi connectivity index (χ1v) is 10.2. The van der Waals surface area contributed by atoms with Gasteiger partial charge in [0.15, 0.2) is 0 Å². The van der Waals surface area contributed by atoms with E-state index >= 15 is 0 Å². The summed E-state index contributed by atoms with van der Waals surface area (Å²) in [6.07, 6.45) is 16.9. The number of halogens is 2. The van der Waals surface area contributed by atoms with Gasteiger partial charge in [-0.15, -0.1) is 6.42 Å². The van der Waals surface area contributed by atoms with E-state index in [1.54, 1.807) is 0 Å². The topological polar surface area (TPSA) is 9.23 Å². The first kappa shape index (κ1) is 24.7. The number of ether oxygens (including phenoxy) is 1. The van der Waals surface area contributed by atoms with Gasteiger partial charge in [-0.3, -0.25) is 6.08 Å². The Bertz CT molecular complexity index is 481. The third-order valence-electron chi connectivity index (χ3n) is 4.34. The Morgan fingerprint density at radius 3 is 2.32 bits per heavy atom. The van der Waals surface area contributed by atoms with Crippen LogP contribution < -0.4 is 24.8 Å². The summed E-state index contributed by atoms with van der Waals surface area (Å²) in [5.74, 6) is 0. The van der Waals surface area contributed by atoms with Gasteiger partial charge in [0.05, 0.1) is 19.4 Å². The largest absolute Gasteiger partial charge is 3.00 e. The second-order valence-electron chi connectivity index (χ2n) is 6.30. The molecule has 0 aromatic carbocycles. The number of hydrogen-bond acceptors (Lipinski definition) is 1. The Kier molecular flexibility index (Phi) is 10.8. The number of rotatable bonds is 4. The van der Waals surface area contributed by atoms with E-state index in [1.165, 1.54) is 10.8 Å². The molecule has 2 aliphatic carbocycles. The summed E-state index contributed by atoms with van der Waals surface area (Å²) in [5.41, 5.74) is 1.37. The van der Waals surface area contributed by atoms with E-state index < -0.39 is 8.07 Å². The van der Waals surface area contributed by atoms with Gasteiger partial charge in [0.1, 0.15) is 0 Å². The zero-order valence-corrected chi connectivity index (χ0v) is 18.1. The SMILES string of the molecule is CC1=CC=CCC1(OC(C)C)[Si](C)(C)C1=[C-]CC=C1.[Cl-].[Cl-].[Ti+3]. The molecule has 0 amide bonds. The van der Waals surface area contributed by atoms with Crippen molar-refractivity contribution in [3.05, 3.63) is 47.2 Å². The summed E-state index contributed by atoms with van der Waals surface area (Å²) in [6.45, 7) is 11.3. The van der Waals surface area contributed by atoms with Gasteiger partial charge < -0.3 is 29.6 Å². The number of hydrogen-bond donors (Lipinski definition) is 0. The van der Waals surface area contributed by atoms with Gasteiger partial charge in [0.2, 0.25) is 0 Å². The van der Waals surface area contributed by atoms with E-state index in [0.717, 1.165) is 12.8 Å². The van der Waals surface area contributed by atoms with E-state index in [0.29, 0.717) is 0 Å². The van der Waals surface area contributed by atoms with Crippen molar-refractivity contribution in [2.75, 3.05) is 0 Å². The fraction of sp³-hybridized carbons (Fsp3) is 0.529. The van der Waals surface area contributed by atoms with Crippen molar-refractivity contribution in [1.82, 2.24) is 0 Å². The van der Waals surface area contributed by atoms with Crippen LogP contribution in [0.1, 0.15) is 33.6 Å². The molecule has 1 unspecified atom stereocenters. The van der Waals surface area contributed by atoms with E-state index in [-0.39, 0.29) is 57.9 Å².